The Hall–Kier alpha value is -3.36. The maximum absolute atomic E-state index is 12.4. The lowest BCUT2D eigenvalue weighted by Gasteiger charge is -2.13. The van der Waals surface area contributed by atoms with Gasteiger partial charge in [-0.2, -0.15) is 0 Å². The lowest BCUT2D eigenvalue weighted by Crippen LogP contribution is -2.20. The fourth-order valence-electron chi connectivity index (χ4n) is 2.98. The van der Waals surface area contributed by atoms with Gasteiger partial charge in [0.15, 0.2) is 11.6 Å². The first kappa shape index (κ1) is 21.9. The molecule has 0 radical (unpaired) electrons. The van der Waals surface area contributed by atoms with Gasteiger partial charge in [0.2, 0.25) is 0 Å². The number of rotatable bonds is 7. The molecule has 164 valence electrons. The Kier molecular flexibility index (Phi) is 6.43. The van der Waals surface area contributed by atoms with Gasteiger partial charge >= 0.3 is 0 Å². The number of nitrogens with zero attached hydrogens (tertiary/aromatic N) is 2. The molecule has 4 aromatic rings. The first-order valence-electron chi connectivity index (χ1n) is 9.77. The molecule has 0 fully saturated rings. The summed E-state index contributed by atoms with van der Waals surface area (Å²) < 4.78 is 12.9. The highest BCUT2D eigenvalue weighted by atomic mass is 35.5. The molecule has 2 heterocycles. The standard InChI is InChI=1S/C23H20ClN3O4S/c1-14-3-5-18(9-15(14)2)30-13-21(28)26-19-10-16(24)4-6-20(19)31-12-17-11-22(29)27-7-8-32-23(27)25-17/h3-11H,12-13H2,1-2H3,(H,26,28). The zero-order chi connectivity index (χ0) is 22.7. The fraction of sp³-hybridized carbons (Fsp3) is 0.174. The van der Waals surface area contributed by atoms with E-state index in [-0.39, 0.29) is 24.7 Å². The van der Waals surface area contributed by atoms with Crippen LogP contribution < -0.4 is 20.3 Å². The van der Waals surface area contributed by atoms with E-state index in [0.29, 0.717) is 32.9 Å². The monoisotopic (exact) mass is 469 g/mol. The normalized spacial score (nSPS) is 10.8. The van der Waals surface area contributed by atoms with Gasteiger partial charge in [-0.3, -0.25) is 14.0 Å². The number of aryl methyl sites for hydroxylation is 2. The summed E-state index contributed by atoms with van der Waals surface area (Å²) in [6.45, 7) is 3.89. The summed E-state index contributed by atoms with van der Waals surface area (Å²) in [4.78, 5) is 29.6. The molecule has 0 atom stereocenters. The highest BCUT2D eigenvalue weighted by molar-refractivity contribution is 7.15. The third kappa shape index (κ3) is 5.09. The first-order valence-corrected chi connectivity index (χ1v) is 11.0. The van der Waals surface area contributed by atoms with Crippen molar-refractivity contribution < 1.29 is 14.3 Å². The van der Waals surface area contributed by atoms with Gasteiger partial charge in [-0.15, -0.1) is 11.3 Å². The number of halogens is 1. The van der Waals surface area contributed by atoms with E-state index < -0.39 is 0 Å². The van der Waals surface area contributed by atoms with Gasteiger partial charge in [-0.1, -0.05) is 17.7 Å². The van der Waals surface area contributed by atoms with Crippen LogP contribution in [0.1, 0.15) is 16.8 Å². The van der Waals surface area contributed by atoms with E-state index in [1.807, 2.05) is 32.0 Å². The largest absolute Gasteiger partial charge is 0.485 e. The van der Waals surface area contributed by atoms with E-state index in [1.165, 1.54) is 21.8 Å². The highest BCUT2D eigenvalue weighted by Crippen LogP contribution is 2.29. The molecule has 2 aromatic heterocycles. The summed E-state index contributed by atoms with van der Waals surface area (Å²) in [6.07, 6.45) is 1.67. The zero-order valence-electron chi connectivity index (χ0n) is 17.4. The second-order valence-electron chi connectivity index (χ2n) is 7.15. The Morgan fingerprint density at radius 2 is 1.97 bits per heavy atom. The summed E-state index contributed by atoms with van der Waals surface area (Å²) in [5.74, 6) is 0.668. The zero-order valence-corrected chi connectivity index (χ0v) is 19.0. The molecule has 7 nitrogen and oxygen atoms in total. The smallest absolute Gasteiger partial charge is 0.262 e. The van der Waals surface area contributed by atoms with Crippen LogP contribution in [-0.4, -0.2) is 21.9 Å². The second-order valence-corrected chi connectivity index (χ2v) is 8.46. The summed E-state index contributed by atoms with van der Waals surface area (Å²) in [5, 5.41) is 5.00. The van der Waals surface area contributed by atoms with Crippen molar-refractivity contribution in [3.05, 3.63) is 86.2 Å². The number of nitrogens with one attached hydrogen (secondary N) is 1. The number of thiazole rings is 1. The van der Waals surface area contributed by atoms with Crippen LogP contribution in [0.4, 0.5) is 5.69 Å². The predicted octanol–water partition coefficient (Wildman–Crippen LogP) is 4.62. The number of benzene rings is 2. The molecule has 4 rings (SSSR count). The van der Waals surface area contributed by atoms with Crippen molar-refractivity contribution in [2.45, 2.75) is 20.5 Å². The van der Waals surface area contributed by atoms with Gasteiger partial charge in [-0.05, 0) is 55.3 Å². The van der Waals surface area contributed by atoms with Gasteiger partial charge < -0.3 is 14.8 Å². The Balaban J connectivity index is 1.43. The number of carbonyl (C=O) groups excluding carboxylic acids is 1. The number of fused-ring (bicyclic) bond motifs is 1. The van der Waals surface area contributed by atoms with E-state index in [4.69, 9.17) is 21.1 Å². The quantitative estimate of drug-likeness (QED) is 0.427. The van der Waals surface area contributed by atoms with Crippen LogP contribution in [0.2, 0.25) is 5.02 Å². The molecule has 9 heteroatoms. The molecule has 1 N–H and O–H groups in total. The van der Waals surface area contributed by atoms with E-state index in [1.54, 1.807) is 29.8 Å². The number of hydrogen-bond donors (Lipinski definition) is 1. The number of hydrogen-bond acceptors (Lipinski definition) is 6. The van der Waals surface area contributed by atoms with Crippen molar-refractivity contribution in [3.8, 4) is 11.5 Å². The number of carbonyl (C=O) groups is 1. The van der Waals surface area contributed by atoms with Crippen molar-refractivity contribution >= 4 is 39.5 Å². The lowest BCUT2D eigenvalue weighted by molar-refractivity contribution is -0.118. The third-order valence-electron chi connectivity index (χ3n) is 4.80. The maximum atomic E-state index is 12.4. The van der Waals surface area contributed by atoms with Crippen molar-refractivity contribution in [2.24, 2.45) is 0 Å². The SMILES string of the molecule is Cc1ccc(OCC(=O)Nc2cc(Cl)ccc2OCc2cc(=O)n3ccsc3n2)cc1C. The highest BCUT2D eigenvalue weighted by Gasteiger charge is 2.12. The van der Waals surface area contributed by atoms with Crippen LogP contribution in [0.3, 0.4) is 0 Å². The van der Waals surface area contributed by atoms with E-state index >= 15 is 0 Å². The van der Waals surface area contributed by atoms with Crippen LogP contribution in [0.15, 0.2) is 58.8 Å². The molecule has 0 aliphatic heterocycles. The minimum atomic E-state index is -0.355. The molecule has 2 aromatic carbocycles. The average Bonchev–Trinajstić information content (AvgIpc) is 3.23. The number of aromatic nitrogens is 2. The predicted molar refractivity (Wildman–Crippen MR) is 125 cm³/mol. The Morgan fingerprint density at radius 3 is 2.78 bits per heavy atom. The average molecular weight is 470 g/mol. The Bertz CT molecular complexity index is 1350. The minimum absolute atomic E-state index is 0.0628. The van der Waals surface area contributed by atoms with Crippen LogP contribution in [0.25, 0.3) is 4.96 Å². The van der Waals surface area contributed by atoms with E-state index in [9.17, 15) is 9.59 Å². The lowest BCUT2D eigenvalue weighted by atomic mass is 10.1. The Morgan fingerprint density at radius 1 is 1.12 bits per heavy atom. The summed E-state index contributed by atoms with van der Waals surface area (Å²) in [5.41, 5.74) is 2.95. The van der Waals surface area contributed by atoms with Crippen molar-refractivity contribution in [1.82, 2.24) is 9.38 Å². The van der Waals surface area contributed by atoms with E-state index in [2.05, 4.69) is 10.3 Å². The van der Waals surface area contributed by atoms with Gasteiger partial charge in [-0.25, -0.2) is 4.98 Å². The Labute approximate surface area is 193 Å². The first-order chi connectivity index (χ1) is 15.4. The topological polar surface area (TPSA) is 81.9 Å². The van der Waals surface area contributed by atoms with Gasteiger partial charge in [0.1, 0.15) is 18.1 Å². The molecule has 0 aliphatic carbocycles. The van der Waals surface area contributed by atoms with E-state index in [0.717, 1.165) is 11.1 Å². The molecule has 0 saturated carbocycles. The van der Waals surface area contributed by atoms with Crippen LogP contribution in [0, 0.1) is 13.8 Å². The number of ether oxygens (including phenoxy) is 2. The minimum Gasteiger partial charge on any atom is -0.485 e. The van der Waals surface area contributed by atoms with Crippen molar-refractivity contribution in [1.29, 1.82) is 0 Å². The molecule has 0 unspecified atom stereocenters. The molecule has 1 amide bonds. The second kappa shape index (κ2) is 9.42. The molecule has 0 bridgehead atoms. The maximum Gasteiger partial charge on any atom is 0.262 e. The third-order valence-corrected chi connectivity index (χ3v) is 5.79. The summed E-state index contributed by atoms with van der Waals surface area (Å²) in [7, 11) is 0. The summed E-state index contributed by atoms with van der Waals surface area (Å²) in [6, 6.07) is 12.0. The van der Waals surface area contributed by atoms with Gasteiger partial charge in [0.05, 0.1) is 11.4 Å². The van der Waals surface area contributed by atoms with Crippen LogP contribution >= 0.6 is 22.9 Å². The molecule has 0 aliphatic rings. The number of amides is 1. The fourth-order valence-corrected chi connectivity index (χ4v) is 3.89. The molecule has 0 spiro atoms. The molecular formula is C23H20ClN3O4S. The van der Waals surface area contributed by atoms with Crippen molar-refractivity contribution in [2.75, 3.05) is 11.9 Å². The molecule has 32 heavy (non-hydrogen) atoms. The van der Waals surface area contributed by atoms with Crippen molar-refractivity contribution in [3.63, 3.8) is 0 Å². The van der Waals surface area contributed by atoms with Crippen LogP contribution in [0.5, 0.6) is 11.5 Å². The van der Waals surface area contributed by atoms with Gasteiger partial charge in [0.25, 0.3) is 11.5 Å². The summed E-state index contributed by atoms with van der Waals surface area (Å²) >= 11 is 7.47. The molecule has 0 saturated heterocycles. The molecular weight excluding hydrogens is 450 g/mol. The number of anilines is 1. The van der Waals surface area contributed by atoms with Gasteiger partial charge in [0, 0.05) is 22.7 Å². The van der Waals surface area contributed by atoms with Crippen LogP contribution in [-0.2, 0) is 11.4 Å².